The Balaban J connectivity index is 1.63. The van der Waals surface area contributed by atoms with E-state index < -0.39 is 11.7 Å². The van der Waals surface area contributed by atoms with E-state index in [2.05, 4.69) is 29.4 Å². The number of aryl methyl sites for hydroxylation is 2. The molecule has 0 unspecified atom stereocenters. The first-order valence-corrected chi connectivity index (χ1v) is 13.3. The van der Waals surface area contributed by atoms with Crippen LogP contribution in [0.2, 0.25) is 0 Å². The van der Waals surface area contributed by atoms with Gasteiger partial charge in [0.05, 0.1) is 11.3 Å². The van der Waals surface area contributed by atoms with Crippen molar-refractivity contribution in [3.8, 4) is 10.4 Å². The van der Waals surface area contributed by atoms with Gasteiger partial charge in [0, 0.05) is 38.2 Å². The second-order valence-electron chi connectivity index (χ2n) is 7.68. The van der Waals surface area contributed by atoms with E-state index in [1.165, 1.54) is 17.0 Å². The average molecular weight is 521 g/mol. The van der Waals surface area contributed by atoms with Crippen LogP contribution in [-0.4, -0.2) is 15.7 Å². The van der Waals surface area contributed by atoms with Gasteiger partial charge in [0.1, 0.15) is 5.76 Å². The minimum absolute atomic E-state index is 0.172. The zero-order chi connectivity index (χ0) is 24.3. The van der Waals surface area contributed by atoms with Gasteiger partial charge < -0.3 is 4.52 Å². The number of alkyl halides is 3. The molecule has 2 heterocycles. The second kappa shape index (κ2) is 10.6. The predicted octanol–water partition coefficient (Wildman–Crippen LogP) is 8.47. The molecule has 2 aromatic carbocycles. The largest absolute Gasteiger partial charge is 0.417 e. The molecule has 0 saturated heterocycles. The smallest absolute Gasteiger partial charge is 0.361 e. The SMILES string of the molecule is CSc1cccc(-c2ccc(CN(Cc3c(C)noc3C)Sc3ccccc3C(F)(F)F)s2)c1. The lowest BCUT2D eigenvalue weighted by molar-refractivity contribution is -0.139. The fourth-order valence-electron chi connectivity index (χ4n) is 3.51. The summed E-state index contributed by atoms with van der Waals surface area (Å²) in [6, 6.07) is 18.1. The summed E-state index contributed by atoms with van der Waals surface area (Å²) in [5.41, 5.74) is 2.13. The zero-order valence-corrected chi connectivity index (χ0v) is 21.3. The van der Waals surface area contributed by atoms with Gasteiger partial charge in [-0.25, -0.2) is 4.31 Å². The summed E-state index contributed by atoms with van der Waals surface area (Å²) in [6.45, 7) is 4.56. The fourth-order valence-corrected chi connectivity index (χ4v) is 6.17. The molecular weight excluding hydrogens is 497 g/mol. The molecule has 34 heavy (non-hydrogen) atoms. The highest BCUT2D eigenvalue weighted by molar-refractivity contribution is 7.98. The lowest BCUT2D eigenvalue weighted by Gasteiger charge is -2.22. The number of hydrogen-bond donors (Lipinski definition) is 0. The fraction of sp³-hybridized carbons (Fsp3) is 0.240. The van der Waals surface area contributed by atoms with Crippen molar-refractivity contribution in [1.82, 2.24) is 9.46 Å². The van der Waals surface area contributed by atoms with E-state index in [9.17, 15) is 13.2 Å². The maximum Gasteiger partial charge on any atom is 0.417 e. The molecule has 4 rings (SSSR count). The minimum Gasteiger partial charge on any atom is -0.361 e. The molecule has 0 aliphatic rings. The van der Waals surface area contributed by atoms with Crippen LogP contribution in [0.25, 0.3) is 10.4 Å². The Kier molecular flexibility index (Phi) is 7.77. The first-order valence-electron chi connectivity index (χ1n) is 10.5. The summed E-state index contributed by atoms with van der Waals surface area (Å²) in [5.74, 6) is 0.674. The number of thiophene rings is 1. The molecular formula is C25H23F3N2OS3. The lowest BCUT2D eigenvalue weighted by atomic mass is 10.2. The normalized spacial score (nSPS) is 12.0. The van der Waals surface area contributed by atoms with E-state index in [1.807, 2.05) is 36.5 Å². The maximum atomic E-state index is 13.6. The van der Waals surface area contributed by atoms with Crippen LogP contribution in [0.1, 0.15) is 27.5 Å². The Morgan fingerprint density at radius 1 is 1.00 bits per heavy atom. The summed E-state index contributed by atoms with van der Waals surface area (Å²) in [5, 5.41) is 4.01. The number of thioether (sulfide) groups is 1. The molecule has 0 N–H and O–H groups in total. The Morgan fingerprint density at radius 2 is 1.79 bits per heavy atom. The number of rotatable bonds is 8. The van der Waals surface area contributed by atoms with Crippen molar-refractivity contribution in [3.63, 3.8) is 0 Å². The van der Waals surface area contributed by atoms with Gasteiger partial charge in [-0.3, -0.25) is 0 Å². The molecule has 0 fully saturated rings. The van der Waals surface area contributed by atoms with Gasteiger partial charge in [0.25, 0.3) is 0 Å². The van der Waals surface area contributed by atoms with E-state index in [4.69, 9.17) is 4.52 Å². The van der Waals surface area contributed by atoms with E-state index in [-0.39, 0.29) is 4.90 Å². The van der Waals surface area contributed by atoms with Crippen LogP contribution in [0.5, 0.6) is 0 Å². The Morgan fingerprint density at radius 3 is 2.50 bits per heavy atom. The number of hydrogen-bond acceptors (Lipinski definition) is 6. The minimum atomic E-state index is -4.42. The van der Waals surface area contributed by atoms with Crippen LogP contribution >= 0.6 is 35.0 Å². The standard InChI is InChI=1S/C25H23F3N2OS3/c1-16-21(17(2)31-29-16)15-30(34-24-10-5-4-9-22(24)25(26,27)28)14-20-11-12-23(33-20)18-7-6-8-19(13-18)32-3/h4-13H,14-15H2,1-3H3. The van der Waals surface area contributed by atoms with Crippen molar-refractivity contribution in [1.29, 1.82) is 0 Å². The Bertz CT molecular complexity index is 1250. The average Bonchev–Trinajstić information content (AvgIpc) is 3.40. The molecule has 0 radical (unpaired) electrons. The summed E-state index contributed by atoms with van der Waals surface area (Å²) in [6.07, 6.45) is -2.38. The number of benzene rings is 2. The first kappa shape index (κ1) is 24.9. The molecule has 9 heteroatoms. The quantitative estimate of drug-likeness (QED) is 0.172. The van der Waals surface area contributed by atoms with E-state index >= 15 is 0 Å². The Labute approximate surface area is 209 Å². The van der Waals surface area contributed by atoms with E-state index in [0.29, 0.717) is 18.8 Å². The van der Waals surface area contributed by atoms with E-state index in [0.717, 1.165) is 44.6 Å². The Hall–Kier alpha value is -2.20. The van der Waals surface area contributed by atoms with Crippen LogP contribution < -0.4 is 0 Å². The number of aromatic nitrogens is 1. The molecule has 2 aromatic heterocycles. The topological polar surface area (TPSA) is 29.3 Å². The van der Waals surface area contributed by atoms with Crippen molar-refractivity contribution in [2.75, 3.05) is 6.26 Å². The van der Waals surface area contributed by atoms with Crippen LogP contribution in [0, 0.1) is 13.8 Å². The monoisotopic (exact) mass is 520 g/mol. The molecule has 0 spiro atoms. The summed E-state index contributed by atoms with van der Waals surface area (Å²) in [4.78, 5) is 3.55. The van der Waals surface area contributed by atoms with Gasteiger partial charge in [0.15, 0.2) is 0 Å². The highest BCUT2D eigenvalue weighted by Crippen LogP contribution is 2.40. The summed E-state index contributed by atoms with van der Waals surface area (Å²) >= 11 is 4.45. The lowest BCUT2D eigenvalue weighted by Crippen LogP contribution is -2.17. The molecule has 0 amide bonds. The summed E-state index contributed by atoms with van der Waals surface area (Å²) < 4.78 is 48.1. The molecule has 0 atom stereocenters. The van der Waals surface area contributed by atoms with Crippen LogP contribution in [0.15, 0.2) is 75.0 Å². The molecule has 178 valence electrons. The molecule has 0 saturated carbocycles. The second-order valence-corrected chi connectivity index (χ2v) is 10.9. The third kappa shape index (κ3) is 5.89. The van der Waals surface area contributed by atoms with Gasteiger partial charge in [-0.05, 0) is 74.0 Å². The highest BCUT2D eigenvalue weighted by atomic mass is 32.2. The summed E-state index contributed by atoms with van der Waals surface area (Å²) in [7, 11) is 0. The first-order chi connectivity index (χ1) is 16.2. The molecule has 4 aromatic rings. The van der Waals surface area contributed by atoms with Gasteiger partial charge >= 0.3 is 6.18 Å². The van der Waals surface area contributed by atoms with Crippen LogP contribution in [-0.2, 0) is 19.3 Å². The third-order valence-corrected chi connectivity index (χ3v) is 8.20. The zero-order valence-electron chi connectivity index (χ0n) is 18.8. The van der Waals surface area contributed by atoms with E-state index in [1.54, 1.807) is 29.2 Å². The van der Waals surface area contributed by atoms with Crippen LogP contribution in [0.4, 0.5) is 13.2 Å². The van der Waals surface area contributed by atoms with Gasteiger partial charge in [0.2, 0.25) is 0 Å². The number of nitrogens with zero attached hydrogens (tertiary/aromatic N) is 2. The third-order valence-electron chi connectivity index (χ3n) is 5.28. The highest BCUT2D eigenvalue weighted by Gasteiger charge is 2.34. The number of halogens is 3. The molecule has 0 bridgehead atoms. The van der Waals surface area contributed by atoms with Gasteiger partial charge in [-0.2, -0.15) is 13.2 Å². The van der Waals surface area contributed by atoms with Crippen molar-refractivity contribution in [2.45, 2.75) is 42.9 Å². The van der Waals surface area contributed by atoms with Crippen molar-refractivity contribution < 1.29 is 17.7 Å². The van der Waals surface area contributed by atoms with Crippen molar-refractivity contribution in [3.05, 3.63) is 88.1 Å². The van der Waals surface area contributed by atoms with Crippen LogP contribution in [0.3, 0.4) is 0 Å². The van der Waals surface area contributed by atoms with Gasteiger partial charge in [-0.15, -0.1) is 23.1 Å². The van der Waals surface area contributed by atoms with Gasteiger partial charge in [-0.1, -0.05) is 29.4 Å². The maximum absolute atomic E-state index is 13.6. The predicted molar refractivity (Wildman–Crippen MR) is 134 cm³/mol. The van der Waals surface area contributed by atoms with Crippen molar-refractivity contribution in [2.24, 2.45) is 0 Å². The molecule has 3 nitrogen and oxygen atoms in total. The molecule has 0 aliphatic carbocycles. The van der Waals surface area contributed by atoms with Crippen molar-refractivity contribution >= 4 is 35.0 Å². The molecule has 0 aliphatic heterocycles.